The average Bonchev–Trinajstić information content (AvgIpc) is 2.79. The Morgan fingerprint density at radius 3 is 2.56 bits per heavy atom. The zero-order valence-electron chi connectivity index (χ0n) is 18.3. The highest BCUT2D eigenvalue weighted by atomic mass is 32.2. The fraction of sp³-hybridized carbons (Fsp3) is 0.292. The number of aliphatic hydroxyl groups excluding tert-OH is 1. The van der Waals surface area contributed by atoms with E-state index in [1.807, 2.05) is 24.3 Å². The molecular formula is C24H26N2O5S. The van der Waals surface area contributed by atoms with Crippen molar-refractivity contribution in [3.63, 3.8) is 0 Å². The number of hydrogen-bond acceptors (Lipinski definition) is 6. The minimum Gasteiger partial charge on any atom is -0.468 e. The van der Waals surface area contributed by atoms with Gasteiger partial charge in [-0.15, -0.1) is 0 Å². The predicted molar refractivity (Wildman–Crippen MR) is 124 cm³/mol. The number of sulfonamides is 1. The van der Waals surface area contributed by atoms with Crippen LogP contribution in [0.3, 0.4) is 0 Å². The average molecular weight is 455 g/mol. The first-order valence-corrected chi connectivity index (χ1v) is 11.8. The Morgan fingerprint density at radius 2 is 1.88 bits per heavy atom. The Hall–Kier alpha value is -3.12. The molecule has 0 aromatic heterocycles. The molecule has 0 fully saturated rings. The first-order chi connectivity index (χ1) is 15.3. The van der Waals surface area contributed by atoms with Crippen LogP contribution in [0.2, 0.25) is 0 Å². The molecule has 3 aromatic carbocycles. The van der Waals surface area contributed by atoms with Gasteiger partial charge in [0.1, 0.15) is 5.75 Å². The van der Waals surface area contributed by atoms with Crippen molar-refractivity contribution < 1.29 is 23.0 Å². The summed E-state index contributed by atoms with van der Waals surface area (Å²) >= 11 is 0. The second kappa shape index (κ2) is 10.0. The highest BCUT2D eigenvalue weighted by Crippen LogP contribution is 2.32. The maximum absolute atomic E-state index is 12.2. The summed E-state index contributed by atoms with van der Waals surface area (Å²) in [5.74, 6) is 0.450. The number of aliphatic hydroxyl groups is 1. The van der Waals surface area contributed by atoms with Crippen molar-refractivity contribution in [1.29, 1.82) is 5.26 Å². The van der Waals surface area contributed by atoms with Crippen molar-refractivity contribution in [2.24, 2.45) is 0 Å². The van der Waals surface area contributed by atoms with Gasteiger partial charge in [-0.2, -0.15) is 5.26 Å². The van der Waals surface area contributed by atoms with Gasteiger partial charge in [-0.25, -0.2) is 8.42 Å². The molecule has 1 unspecified atom stereocenters. The number of ether oxygens (including phenoxy) is 2. The number of methoxy groups -OCH3 is 1. The molecule has 3 aromatic rings. The van der Waals surface area contributed by atoms with Crippen molar-refractivity contribution >= 4 is 26.5 Å². The third-order valence-electron chi connectivity index (χ3n) is 5.16. The summed E-state index contributed by atoms with van der Waals surface area (Å²) in [6.07, 6.45) is -0.733. The van der Waals surface area contributed by atoms with Crippen LogP contribution in [0.4, 0.5) is 5.69 Å². The van der Waals surface area contributed by atoms with E-state index in [4.69, 9.17) is 14.7 Å². The molecule has 0 heterocycles. The number of aryl methyl sites for hydroxylation is 1. The Labute approximate surface area is 188 Å². The van der Waals surface area contributed by atoms with Crippen LogP contribution in [0.1, 0.15) is 35.3 Å². The van der Waals surface area contributed by atoms with Crippen LogP contribution in [0.25, 0.3) is 10.8 Å². The van der Waals surface area contributed by atoms with Crippen LogP contribution in [0, 0.1) is 18.3 Å². The largest absolute Gasteiger partial charge is 0.468 e. The van der Waals surface area contributed by atoms with Gasteiger partial charge in [-0.05, 0) is 71.6 Å². The van der Waals surface area contributed by atoms with E-state index >= 15 is 0 Å². The lowest BCUT2D eigenvalue weighted by atomic mass is 9.96. The number of nitrogens with one attached hydrogen (secondary N) is 1. The molecule has 0 saturated carbocycles. The van der Waals surface area contributed by atoms with Crippen molar-refractivity contribution in [3.8, 4) is 11.8 Å². The number of nitrogens with zero attached hydrogens (tertiary/aromatic N) is 1. The fourth-order valence-electron chi connectivity index (χ4n) is 3.44. The van der Waals surface area contributed by atoms with Gasteiger partial charge < -0.3 is 14.6 Å². The van der Waals surface area contributed by atoms with E-state index < -0.39 is 16.1 Å². The lowest BCUT2D eigenvalue weighted by molar-refractivity contribution is 0.0510. The Bertz CT molecular complexity index is 1270. The van der Waals surface area contributed by atoms with Gasteiger partial charge in [0.05, 0.1) is 29.2 Å². The Balaban J connectivity index is 1.98. The molecule has 7 nitrogen and oxygen atoms in total. The molecule has 0 bridgehead atoms. The smallest absolute Gasteiger partial charge is 0.232 e. The minimum absolute atomic E-state index is 0.0490. The zero-order valence-corrected chi connectivity index (χ0v) is 19.1. The number of nitriles is 1. The summed E-state index contributed by atoms with van der Waals surface area (Å²) in [6, 6.07) is 16.5. The van der Waals surface area contributed by atoms with Crippen LogP contribution in [-0.4, -0.2) is 33.2 Å². The summed E-state index contributed by atoms with van der Waals surface area (Å²) in [7, 11) is -2.00. The molecule has 168 valence electrons. The third-order valence-corrected chi connectivity index (χ3v) is 6.44. The maximum Gasteiger partial charge on any atom is 0.232 e. The summed E-state index contributed by atoms with van der Waals surface area (Å²) in [4.78, 5) is 0. The number of benzene rings is 3. The number of hydrogen-bond donors (Lipinski definition) is 2. The number of anilines is 1. The van der Waals surface area contributed by atoms with Crippen LogP contribution in [0.15, 0.2) is 48.5 Å². The third kappa shape index (κ3) is 5.56. The molecule has 8 heteroatoms. The van der Waals surface area contributed by atoms with Gasteiger partial charge in [0, 0.05) is 13.5 Å². The normalized spacial score (nSPS) is 12.3. The lowest BCUT2D eigenvalue weighted by Crippen LogP contribution is -2.17. The molecule has 0 aliphatic heterocycles. The van der Waals surface area contributed by atoms with Crippen molar-refractivity contribution in [2.75, 3.05) is 24.4 Å². The lowest BCUT2D eigenvalue weighted by Gasteiger charge is -2.19. The van der Waals surface area contributed by atoms with Crippen molar-refractivity contribution in [1.82, 2.24) is 0 Å². The molecule has 32 heavy (non-hydrogen) atoms. The second-order valence-electron chi connectivity index (χ2n) is 7.48. The number of fused-ring (bicyclic) bond motifs is 1. The van der Waals surface area contributed by atoms with Gasteiger partial charge in [-0.1, -0.05) is 18.2 Å². The first-order valence-electron chi connectivity index (χ1n) is 10.1. The van der Waals surface area contributed by atoms with Gasteiger partial charge in [0.2, 0.25) is 10.0 Å². The zero-order chi connectivity index (χ0) is 23.3. The van der Waals surface area contributed by atoms with Gasteiger partial charge in [0.15, 0.2) is 6.79 Å². The van der Waals surface area contributed by atoms with E-state index in [0.29, 0.717) is 33.7 Å². The molecule has 0 aliphatic rings. The molecule has 0 aliphatic carbocycles. The van der Waals surface area contributed by atoms with Crippen LogP contribution >= 0.6 is 0 Å². The molecular weight excluding hydrogens is 428 g/mol. The van der Waals surface area contributed by atoms with Crippen molar-refractivity contribution in [3.05, 3.63) is 70.8 Å². The summed E-state index contributed by atoms with van der Waals surface area (Å²) in [5.41, 5.74) is 2.92. The number of rotatable bonds is 9. The Morgan fingerprint density at radius 1 is 1.12 bits per heavy atom. The maximum atomic E-state index is 12.2. The van der Waals surface area contributed by atoms with E-state index in [0.717, 1.165) is 10.8 Å². The highest BCUT2D eigenvalue weighted by Gasteiger charge is 2.18. The monoisotopic (exact) mass is 454 g/mol. The molecule has 0 saturated heterocycles. The second-order valence-corrected chi connectivity index (χ2v) is 9.49. The van der Waals surface area contributed by atoms with E-state index in [2.05, 4.69) is 10.8 Å². The molecule has 0 spiro atoms. The Kier molecular flexibility index (Phi) is 7.36. The summed E-state index contributed by atoms with van der Waals surface area (Å²) in [6.45, 7) is 3.39. The molecule has 0 radical (unpaired) electrons. The van der Waals surface area contributed by atoms with Crippen molar-refractivity contribution in [2.45, 2.75) is 26.4 Å². The SMILES string of the molecule is CCS(=O)(=O)Nc1c(C)cc(OCOC)cc1CC(O)c1ccc2ccc(C#N)cc2c1. The predicted octanol–water partition coefficient (Wildman–Crippen LogP) is 4.04. The van der Waals surface area contributed by atoms with E-state index in [1.54, 1.807) is 38.1 Å². The standard InChI is InChI=1S/C24H26N2O5S/c1-4-32(28,29)26-24-16(2)9-22(31-15-30-3)12-21(24)13-23(27)19-8-7-18-6-5-17(14-25)10-20(18)11-19/h5-12,23,26-27H,4,13,15H2,1-3H3. The minimum atomic E-state index is -3.51. The molecule has 1 atom stereocenters. The van der Waals surface area contributed by atoms with E-state index in [-0.39, 0.29) is 19.0 Å². The topological polar surface area (TPSA) is 109 Å². The highest BCUT2D eigenvalue weighted by molar-refractivity contribution is 7.92. The van der Waals surface area contributed by atoms with Crippen LogP contribution < -0.4 is 9.46 Å². The van der Waals surface area contributed by atoms with Crippen LogP contribution in [-0.2, 0) is 21.2 Å². The van der Waals surface area contributed by atoms with Gasteiger partial charge >= 0.3 is 0 Å². The quantitative estimate of drug-likeness (QED) is 0.473. The van der Waals surface area contributed by atoms with E-state index in [9.17, 15) is 13.5 Å². The molecule has 0 amide bonds. The van der Waals surface area contributed by atoms with E-state index in [1.165, 1.54) is 7.11 Å². The van der Waals surface area contributed by atoms with Gasteiger partial charge in [-0.3, -0.25) is 4.72 Å². The first kappa shape index (κ1) is 23.5. The summed E-state index contributed by atoms with van der Waals surface area (Å²) in [5, 5.41) is 21.9. The molecule has 2 N–H and O–H groups in total. The molecule has 3 rings (SSSR count). The fourth-order valence-corrected chi connectivity index (χ4v) is 4.18. The summed E-state index contributed by atoms with van der Waals surface area (Å²) < 4.78 is 37.6. The van der Waals surface area contributed by atoms with Crippen LogP contribution in [0.5, 0.6) is 5.75 Å². The van der Waals surface area contributed by atoms with Gasteiger partial charge in [0.25, 0.3) is 0 Å².